The summed E-state index contributed by atoms with van der Waals surface area (Å²) >= 11 is 7.05. The maximum absolute atomic E-state index is 6.99. The highest BCUT2D eigenvalue weighted by Crippen LogP contribution is 2.42. The molecule has 1 heterocycles. The van der Waals surface area contributed by atoms with E-state index in [1.807, 2.05) is 13.8 Å². The van der Waals surface area contributed by atoms with Crippen molar-refractivity contribution in [1.29, 1.82) is 0 Å². The number of hydrogen-bond acceptors (Lipinski definition) is 5. The second-order valence-electron chi connectivity index (χ2n) is 11.8. The maximum atomic E-state index is 6.99. The predicted molar refractivity (Wildman–Crippen MR) is 151 cm³/mol. The van der Waals surface area contributed by atoms with Gasteiger partial charge in [0, 0.05) is 24.9 Å². The Hall–Kier alpha value is 0.717. The molecule has 1 saturated heterocycles. The van der Waals surface area contributed by atoms with Crippen molar-refractivity contribution >= 4 is 40.2 Å². The van der Waals surface area contributed by atoms with Crippen molar-refractivity contribution in [1.82, 2.24) is 0 Å². The average Bonchev–Trinajstić information content (AvgIpc) is 2.71. The topological polar surface area (TPSA) is 46.2 Å². The number of halogens is 2. The minimum Gasteiger partial charge on any atom is -0.413 e. The highest BCUT2D eigenvalue weighted by atomic mass is 79.9. The minimum absolute atomic E-state index is 0.000395. The lowest BCUT2D eigenvalue weighted by atomic mass is 9.78. The Morgan fingerprint density at radius 3 is 2.21 bits per heavy atom. The monoisotopic (exact) mass is 628 g/mol. The lowest BCUT2D eigenvalue weighted by Crippen LogP contribution is -2.56. The average molecular weight is 631 g/mol. The smallest absolute Gasteiger partial charge is 0.192 e. The van der Waals surface area contributed by atoms with Gasteiger partial charge in [0.1, 0.15) is 6.79 Å². The van der Waals surface area contributed by atoms with Crippen LogP contribution in [-0.4, -0.2) is 52.4 Å². The molecule has 0 aromatic carbocycles. The standard InChI is InChI=1S/C26H50Br2O5Si/c1-13-20-17(2)24(32-26(8,9)31-20)19(4)23(30-16-29-10)18(3)21(14-15-22(27)28)33-34(11,12)25(5,6)7/h15,17-21,23-24H,13-14,16H2,1-12H3/t17-,18+,19-,20+,21+,23+,24-/m1/s1. The molecule has 202 valence electrons. The first-order valence-corrected chi connectivity index (χ1v) is 17.1. The van der Waals surface area contributed by atoms with Crippen LogP contribution >= 0.6 is 31.9 Å². The van der Waals surface area contributed by atoms with Crippen molar-refractivity contribution in [2.75, 3.05) is 13.9 Å². The third-order valence-electron chi connectivity index (χ3n) is 7.64. The van der Waals surface area contributed by atoms with Crippen molar-refractivity contribution in [2.24, 2.45) is 17.8 Å². The largest absolute Gasteiger partial charge is 0.413 e. The summed E-state index contributed by atoms with van der Waals surface area (Å²) in [4.78, 5) is 0. The molecule has 1 fully saturated rings. The molecule has 34 heavy (non-hydrogen) atoms. The van der Waals surface area contributed by atoms with Crippen LogP contribution in [0.4, 0.5) is 0 Å². The number of rotatable bonds is 12. The summed E-state index contributed by atoms with van der Waals surface area (Å²) < 4.78 is 32.4. The Balaban J connectivity index is 3.32. The lowest BCUT2D eigenvalue weighted by molar-refractivity contribution is -0.333. The van der Waals surface area contributed by atoms with E-state index in [1.54, 1.807) is 7.11 Å². The van der Waals surface area contributed by atoms with Crippen LogP contribution in [0.3, 0.4) is 0 Å². The van der Waals surface area contributed by atoms with Crippen LogP contribution < -0.4 is 0 Å². The summed E-state index contributed by atoms with van der Waals surface area (Å²) in [7, 11) is -0.334. The Labute approximate surface area is 227 Å². The first kappa shape index (κ1) is 32.7. The van der Waals surface area contributed by atoms with Gasteiger partial charge in [-0.2, -0.15) is 0 Å². The Bertz CT molecular complexity index is 646. The van der Waals surface area contributed by atoms with Gasteiger partial charge in [-0.3, -0.25) is 0 Å². The molecular weight excluding hydrogens is 580 g/mol. The molecule has 0 radical (unpaired) electrons. The van der Waals surface area contributed by atoms with E-state index >= 15 is 0 Å². The van der Waals surface area contributed by atoms with E-state index in [0.29, 0.717) is 0 Å². The van der Waals surface area contributed by atoms with Crippen molar-refractivity contribution < 1.29 is 23.4 Å². The molecule has 0 amide bonds. The fourth-order valence-electron chi connectivity index (χ4n) is 4.65. The molecule has 7 atom stereocenters. The van der Waals surface area contributed by atoms with E-state index in [1.165, 1.54) is 0 Å². The van der Waals surface area contributed by atoms with Gasteiger partial charge in [0.2, 0.25) is 0 Å². The van der Waals surface area contributed by atoms with Crippen molar-refractivity contribution in [2.45, 2.75) is 123 Å². The van der Waals surface area contributed by atoms with E-state index in [-0.39, 0.29) is 54.0 Å². The van der Waals surface area contributed by atoms with E-state index in [0.717, 1.165) is 16.2 Å². The number of methoxy groups -OCH3 is 1. The molecule has 0 bridgehead atoms. The Kier molecular flexibility index (Phi) is 13.0. The zero-order valence-electron chi connectivity index (χ0n) is 23.5. The molecule has 1 aliphatic heterocycles. The quantitative estimate of drug-likeness (QED) is 0.161. The van der Waals surface area contributed by atoms with E-state index in [9.17, 15) is 0 Å². The molecule has 1 aliphatic rings. The molecule has 0 aromatic heterocycles. The zero-order valence-corrected chi connectivity index (χ0v) is 27.7. The number of ether oxygens (including phenoxy) is 4. The molecule has 1 rings (SSSR count). The van der Waals surface area contributed by atoms with Gasteiger partial charge in [-0.15, -0.1) is 0 Å². The van der Waals surface area contributed by atoms with Crippen LogP contribution in [0.15, 0.2) is 9.47 Å². The highest BCUT2D eigenvalue weighted by molar-refractivity contribution is 9.28. The van der Waals surface area contributed by atoms with Gasteiger partial charge in [-0.25, -0.2) is 0 Å². The van der Waals surface area contributed by atoms with Crippen LogP contribution in [0.25, 0.3) is 0 Å². The fraction of sp³-hybridized carbons (Fsp3) is 0.923. The van der Waals surface area contributed by atoms with E-state index in [2.05, 4.69) is 99.5 Å². The van der Waals surface area contributed by atoms with E-state index in [4.69, 9.17) is 23.4 Å². The van der Waals surface area contributed by atoms with Gasteiger partial charge in [0.15, 0.2) is 14.1 Å². The van der Waals surface area contributed by atoms with Crippen LogP contribution in [0.1, 0.15) is 75.2 Å². The molecule has 5 nitrogen and oxygen atoms in total. The predicted octanol–water partition coefficient (Wildman–Crippen LogP) is 8.23. The summed E-state index contributed by atoms with van der Waals surface area (Å²) in [6.45, 7) is 24.6. The van der Waals surface area contributed by atoms with Crippen LogP contribution in [0, 0.1) is 17.8 Å². The first-order valence-electron chi connectivity index (χ1n) is 12.6. The minimum atomic E-state index is -2.01. The third kappa shape index (κ3) is 9.23. The second-order valence-corrected chi connectivity index (χ2v) is 19.3. The maximum Gasteiger partial charge on any atom is 0.192 e. The summed E-state index contributed by atoms with van der Waals surface area (Å²) in [5, 5.41) is 0.117. The summed E-state index contributed by atoms with van der Waals surface area (Å²) in [6, 6.07) is 0. The Morgan fingerprint density at radius 2 is 1.74 bits per heavy atom. The molecular formula is C26H50Br2O5Si. The van der Waals surface area contributed by atoms with Crippen molar-refractivity contribution in [3.63, 3.8) is 0 Å². The Morgan fingerprint density at radius 1 is 1.15 bits per heavy atom. The lowest BCUT2D eigenvalue weighted by Gasteiger charge is -2.49. The summed E-state index contributed by atoms with van der Waals surface area (Å²) in [5.41, 5.74) is 0. The van der Waals surface area contributed by atoms with Crippen LogP contribution in [0.2, 0.25) is 18.1 Å². The van der Waals surface area contributed by atoms with Gasteiger partial charge in [-0.1, -0.05) is 54.5 Å². The molecule has 8 heteroatoms. The first-order chi connectivity index (χ1) is 15.5. The molecule has 0 saturated carbocycles. The van der Waals surface area contributed by atoms with Crippen LogP contribution in [0.5, 0.6) is 0 Å². The molecule has 0 aromatic rings. The van der Waals surface area contributed by atoms with Gasteiger partial charge in [0.25, 0.3) is 0 Å². The fourth-order valence-corrected chi connectivity index (χ4v) is 6.44. The zero-order chi connectivity index (χ0) is 26.5. The molecule has 0 N–H and O–H groups in total. The summed E-state index contributed by atoms with van der Waals surface area (Å²) in [6.07, 6.45) is 3.93. The van der Waals surface area contributed by atoms with Gasteiger partial charge >= 0.3 is 0 Å². The molecule has 0 aliphatic carbocycles. The number of hydrogen-bond donors (Lipinski definition) is 0. The van der Waals surface area contributed by atoms with Gasteiger partial charge in [0.05, 0.1) is 27.8 Å². The highest BCUT2D eigenvalue weighted by Gasteiger charge is 2.47. The van der Waals surface area contributed by atoms with Gasteiger partial charge in [-0.05, 0) is 76.7 Å². The molecule has 0 unspecified atom stereocenters. The van der Waals surface area contributed by atoms with Crippen molar-refractivity contribution in [3.8, 4) is 0 Å². The summed E-state index contributed by atoms with van der Waals surface area (Å²) in [5.74, 6) is -0.122. The third-order valence-corrected chi connectivity index (χ3v) is 12.8. The SMILES string of the molecule is CC[C@@H]1OC(C)(C)O[C@@H]([C@H](C)[C@@H](OCOC)[C@@H](C)[C@H](CC=C(Br)Br)O[Si](C)(C)C(C)(C)C)[C@@H]1C. The van der Waals surface area contributed by atoms with Gasteiger partial charge < -0.3 is 23.4 Å². The normalized spacial score (nSPS) is 27.1. The van der Waals surface area contributed by atoms with Crippen molar-refractivity contribution in [3.05, 3.63) is 9.47 Å². The second kappa shape index (κ2) is 13.5. The van der Waals surface area contributed by atoms with E-state index < -0.39 is 14.1 Å². The van der Waals surface area contributed by atoms with Crippen LogP contribution in [-0.2, 0) is 23.4 Å². The molecule has 0 spiro atoms.